The molecule has 0 aliphatic carbocycles. The Hall–Kier alpha value is -2.07. The van der Waals surface area contributed by atoms with Gasteiger partial charge in [-0.25, -0.2) is 0 Å². The summed E-state index contributed by atoms with van der Waals surface area (Å²) in [6, 6.07) is 0.409. The van der Waals surface area contributed by atoms with Crippen molar-refractivity contribution in [3.63, 3.8) is 0 Å². The van der Waals surface area contributed by atoms with Crippen LogP contribution in [0.5, 0.6) is 0 Å². The Balaban J connectivity index is 3.13. The summed E-state index contributed by atoms with van der Waals surface area (Å²) in [5.41, 5.74) is 8.51. The second kappa shape index (κ2) is 16.7. The third-order valence-electron chi connectivity index (χ3n) is 7.64. The predicted octanol–water partition coefficient (Wildman–Crippen LogP) is 7.56. The van der Waals surface area contributed by atoms with Gasteiger partial charge in [0.15, 0.2) is 0 Å². The number of rotatable bonds is 16. The highest BCUT2D eigenvalue weighted by Crippen LogP contribution is 2.30. The van der Waals surface area contributed by atoms with Gasteiger partial charge in [-0.15, -0.1) is 5.73 Å². The first-order valence-corrected chi connectivity index (χ1v) is 14.3. The van der Waals surface area contributed by atoms with E-state index >= 15 is 0 Å². The molecule has 0 spiro atoms. The van der Waals surface area contributed by atoms with Crippen LogP contribution in [0.3, 0.4) is 0 Å². The maximum Gasteiger partial charge on any atom is 0.110 e. The zero-order chi connectivity index (χ0) is 28.0. The van der Waals surface area contributed by atoms with E-state index in [4.69, 9.17) is 4.74 Å². The van der Waals surface area contributed by atoms with E-state index in [1.165, 1.54) is 22.5 Å². The fourth-order valence-electron chi connectivity index (χ4n) is 5.85. The van der Waals surface area contributed by atoms with Gasteiger partial charge in [0.1, 0.15) is 6.23 Å². The lowest BCUT2D eigenvalue weighted by Crippen LogP contribution is -2.54. The first-order valence-electron chi connectivity index (χ1n) is 14.3. The quantitative estimate of drug-likeness (QED) is 0.0817. The fraction of sp³-hybridized carbons (Fsp3) is 0.688. The number of ether oxygens (including phenoxy) is 1. The summed E-state index contributed by atoms with van der Waals surface area (Å²) in [5, 5.41) is 0. The molecule has 210 valence electrons. The molecule has 1 rings (SSSR count). The minimum atomic E-state index is 0.0587. The van der Waals surface area contributed by atoms with E-state index in [0.29, 0.717) is 6.04 Å². The van der Waals surface area contributed by atoms with Crippen molar-refractivity contribution in [1.82, 2.24) is 14.8 Å². The maximum atomic E-state index is 6.10. The van der Waals surface area contributed by atoms with Gasteiger partial charge in [-0.3, -0.25) is 9.89 Å². The minimum absolute atomic E-state index is 0.0587. The SMILES string of the molecule is CC=C=Cc1[nH]c(C)c(CCC(OC)N(CC)CCC(C)(CCC)N(/C(C)=N\C)C(C)C)c1C/C=C\C. The van der Waals surface area contributed by atoms with Crippen molar-refractivity contribution in [2.24, 2.45) is 4.99 Å². The first kappa shape index (κ1) is 33.0. The molecule has 1 heterocycles. The third-order valence-corrected chi connectivity index (χ3v) is 7.64. The number of hydrogen-bond acceptors (Lipinski definition) is 3. The van der Waals surface area contributed by atoms with E-state index < -0.39 is 0 Å². The number of allylic oxidation sites excluding steroid dienone is 3. The summed E-state index contributed by atoms with van der Waals surface area (Å²) >= 11 is 0. The summed E-state index contributed by atoms with van der Waals surface area (Å²) in [4.78, 5) is 13.2. The Bertz CT molecular complexity index is 919. The normalized spacial score (nSPS) is 14.8. The Morgan fingerprint density at radius 1 is 1.19 bits per heavy atom. The highest BCUT2D eigenvalue weighted by Gasteiger charge is 2.34. The molecule has 5 nitrogen and oxygen atoms in total. The van der Waals surface area contributed by atoms with Crippen molar-refractivity contribution in [2.75, 3.05) is 27.2 Å². The summed E-state index contributed by atoms with van der Waals surface area (Å²) < 4.78 is 6.10. The molecule has 1 N–H and O–H groups in total. The van der Waals surface area contributed by atoms with Crippen LogP contribution in [0.4, 0.5) is 0 Å². The topological polar surface area (TPSA) is 43.9 Å². The summed E-state index contributed by atoms with van der Waals surface area (Å²) in [5.74, 6) is 1.12. The summed E-state index contributed by atoms with van der Waals surface area (Å²) in [6.45, 7) is 21.9. The van der Waals surface area contributed by atoms with Gasteiger partial charge in [-0.2, -0.15) is 0 Å². The monoisotopic (exact) mass is 512 g/mol. The summed E-state index contributed by atoms with van der Waals surface area (Å²) in [7, 11) is 3.77. The van der Waals surface area contributed by atoms with Crippen molar-refractivity contribution in [1.29, 1.82) is 0 Å². The number of aliphatic imine (C=N–C) groups is 1. The predicted molar refractivity (Wildman–Crippen MR) is 163 cm³/mol. The molecule has 0 fully saturated rings. The van der Waals surface area contributed by atoms with E-state index in [2.05, 4.69) is 99.1 Å². The molecule has 1 aromatic rings. The van der Waals surface area contributed by atoms with E-state index in [1.807, 2.05) is 27.2 Å². The van der Waals surface area contributed by atoms with Gasteiger partial charge in [0.05, 0.1) is 5.84 Å². The zero-order valence-electron chi connectivity index (χ0n) is 25.9. The largest absolute Gasteiger partial charge is 0.366 e. The number of methoxy groups -OCH3 is 1. The first-order chi connectivity index (χ1) is 17.6. The molecule has 0 saturated carbocycles. The van der Waals surface area contributed by atoms with Gasteiger partial charge in [-0.1, -0.05) is 32.4 Å². The number of hydrogen-bond donors (Lipinski definition) is 1. The molecule has 0 radical (unpaired) electrons. The van der Waals surface area contributed by atoms with Crippen molar-refractivity contribution in [3.05, 3.63) is 46.5 Å². The standard InChI is InChI=1S/C32H56N4O/c1-12-16-18-29-28(26(7)34-30(29)19-17-13-2)20-21-31(37-11)35(15-4)24-23-32(9,22-14-3)36(25(5)6)27(8)33-10/h12-13,16,19,25,31,34H,14-15,18,20-24H2,1-11H3/b16-12-,33-27-. The van der Waals surface area contributed by atoms with Crippen LogP contribution < -0.4 is 0 Å². The second-order valence-electron chi connectivity index (χ2n) is 10.6. The van der Waals surface area contributed by atoms with Gasteiger partial charge >= 0.3 is 0 Å². The lowest BCUT2D eigenvalue weighted by Gasteiger charge is -2.47. The van der Waals surface area contributed by atoms with Crippen molar-refractivity contribution >= 4 is 11.9 Å². The Kier molecular flexibility index (Phi) is 14.9. The van der Waals surface area contributed by atoms with Gasteiger partial charge in [0.25, 0.3) is 0 Å². The Labute approximate surface area is 228 Å². The number of nitrogens with zero attached hydrogens (tertiary/aromatic N) is 3. The van der Waals surface area contributed by atoms with E-state index in [1.54, 1.807) is 0 Å². The highest BCUT2D eigenvalue weighted by molar-refractivity contribution is 5.80. The fourth-order valence-corrected chi connectivity index (χ4v) is 5.85. The van der Waals surface area contributed by atoms with Crippen LogP contribution in [-0.2, 0) is 17.6 Å². The smallest absolute Gasteiger partial charge is 0.110 e. The van der Waals surface area contributed by atoms with E-state index in [0.717, 1.165) is 57.5 Å². The number of H-pyrrole nitrogens is 1. The van der Waals surface area contributed by atoms with Crippen molar-refractivity contribution in [2.45, 2.75) is 119 Å². The lowest BCUT2D eigenvalue weighted by molar-refractivity contribution is -0.0415. The van der Waals surface area contributed by atoms with Crippen molar-refractivity contribution < 1.29 is 4.74 Å². The molecule has 37 heavy (non-hydrogen) atoms. The molecule has 5 heteroatoms. The lowest BCUT2D eigenvalue weighted by atomic mass is 9.88. The highest BCUT2D eigenvalue weighted by atomic mass is 16.5. The number of amidine groups is 1. The average Bonchev–Trinajstić information content (AvgIpc) is 3.16. The van der Waals surface area contributed by atoms with Gasteiger partial charge in [0.2, 0.25) is 0 Å². The average molecular weight is 513 g/mol. The molecule has 0 amide bonds. The van der Waals surface area contributed by atoms with Crippen LogP contribution in [0.25, 0.3) is 6.08 Å². The molecule has 0 aliphatic heterocycles. The van der Waals surface area contributed by atoms with Crippen LogP contribution >= 0.6 is 0 Å². The molecule has 0 aromatic carbocycles. The molecule has 0 saturated heterocycles. The molecule has 0 bridgehead atoms. The number of aromatic nitrogens is 1. The molecular weight excluding hydrogens is 456 g/mol. The van der Waals surface area contributed by atoms with Crippen molar-refractivity contribution in [3.8, 4) is 0 Å². The number of nitrogens with one attached hydrogen (secondary N) is 1. The summed E-state index contributed by atoms with van der Waals surface area (Å²) in [6.07, 6.45) is 14.7. The van der Waals surface area contributed by atoms with Crippen LogP contribution in [-0.4, -0.2) is 65.7 Å². The number of aryl methyl sites for hydroxylation is 1. The molecule has 2 atom stereocenters. The van der Waals surface area contributed by atoms with Gasteiger partial charge < -0.3 is 14.6 Å². The van der Waals surface area contributed by atoms with Gasteiger partial charge in [0, 0.05) is 49.7 Å². The van der Waals surface area contributed by atoms with Crippen LogP contribution in [0.15, 0.2) is 29.0 Å². The Morgan fingerprint density at radius 2 is 1.89 bits per heavy atom. The van der Waals surface area contributed by atoms with E-state index in [-0.39, 0.29) is 11.8 Å². The maximum absolute atomic E-state index is 6.10. The minimum Gasteiger partial charge on any atom is -0.366 e. The zero-order valence-corrected chi connectivity index (χ0v) is 25.9. The third kappa shape index (κ3) is 9.32. The Morgan fingerprint density at radius 3 is 2.41 bits per heavy atom. The molecule has 1 aromatic heterocycles. The number of aromatic amines is 1. The second-order valence-corrected chi connectivity index (χ2v) is 10.6. The molecule has 0 aliphatic rings. The molecule has 2 unspecified atom stereocenters. The van der Waals surface area contributed by atoms with Crippen LogP contribution in [0.2, 0.25) is 0 Å². The van der Waals surface area contributed by atoms with Crippen LogP contribution in [0, 0.1) is 6.92 Å². The molecular formula is C32H56N4O. The van der Waals surface area contributed by atoms with Gasteiger partial charge in [-0.05, 0) is 104 Å². The van der Waals surface area contributed by atoms with Crippen LogP contribution in [0.1, 0.15) is 104 Å². The van der Waals surface area contributed by atoms with E-state index in [9.17, 15) is 0 Å².